The second kappa shape index (κ2) is 6.76. The number of rotatable bonds is 5. The van der Waals surface area contributed by atoms with Crippen molar-refractivity contribution >= 4 is 5.97 Å². The number of hydrogen-bond donors (Lipinski definition) is 2. The van der Waals surface area contributed by atoms with E-state index in [0.29, 0.717) is 4.97 Å². The number of carboxylic acids is 1. The van der Waals surface area contributed by atoms with Gasteiger partial charge >= 0.3 is 5.97 Å². The normalized spacial score (nSPS) is 24.3. The molecule has 0 aliphatic heterocycles. The summed E-state index contributed by atoms with van der Waals surface area (Å²) in [5.74, 6) is -0.512. The molecule has 0 spiro atoms. The second-order valence-corrected chi connectivity index (χ2v) is 6.39. The molecule has 7 nitrogen and oxygen atoms in total. The highest BCUT2D eigenvalue weighted by Gasteiger charge is 2.30. The summed E-state index contributed by atoms with van der Waals surface area (Å²) in [6.45, 7) is 5.84. The zero-order valence-corrected chi connectivity index (χ0v) is 12.7. The van der Waals surface area contributed by atoms with Crippen molar-refractivity contribution in [1.29, 1.82) is 0 Å². The van der Waals surface area contributed by atoms with Crippen molar-refractivity contribution < 1.29 is 24.9 Å². The van der Waals surface area contributed by atoms with Gasteiger partial charge in [-0.3, -0.25) is 4.79 Å². The molecule has 20 heavy (non-hydrogen) atoms. The van der Waals surface area contributed by atoms with Gasteiger partial charge in [0.05, 0.1) is 12.6 Å². The van der Waals surface area contributed by atoms with E-state index in [1.807, 2.05) is 20.8 Å². The first-order valence-electron chi connectivity index (χ1n) is 7.01. The van der Waals surface area contributed by atoms with Crippen molar-refractivity contribution in [2.45, 2.75) is 64.5 Å². The molecular weight excluding hydrogens is 262 g/mol. The van der Waals surface area contributed by atoms with Gasteiger partial charge in [-0.2, -0.15) is 0 Å². The monoisotopic (exact) mass is 288 g/mol. The predicted molar refractivity (Wildman–Crippen MR) is 71.1 cm³/mol. The lowest BCUT2D eigenvalue weighted by Gasteiger charge is -2.25. The van der Waals surface area contributed by atoms with Crippen LogP contribution >= 0.6 is 0 Å². The van der Waals surface area contributed by atoms with Crippen molar-refractivity contribution in [3.63, 3.8) is 0 Å². The van der Waals surface area contributed by atoms with Crippen molar-refractivity contribution in [1.82, 2.24) is 5.01 Å². The van der Waals surface area contributed by atoms with Crippen molar-refractivity contribution in [2.24, 2.45) is 11.2 Å². The highest BCUT2D eigenvalue weighted by atomic mass is 16.7. The average Bonchev–Trinajstić information content (AvgIpc) is 2.35. The Morgan fingerprint density at radius 3 is 2.35 bits per heavy atom. The molecule has 7 heteroatoms. The average molecular weight is 288 g/mol. The highest BCUT2D eigenvalue weighted by molar-refractivity contribution is 5.67. The van der Waals surface area contributed by atoms with E-state index in [-0.39, 0.29) is 24.0 Å². The molecule has 2 N–H and O–H groups in total. The maximum Gasteiger partial charge on any atom is 0.303 e. The maximum atomic E-state index is 10.6. The molecule has 0 aromatic carbocycles. The van der Waals surface area contributed by atoms with Crippen molar-refractivity contribution in [3.05, 3.63) is 0 Å². The van der Waals surface area contributed by atoms with Crippen LogP contribution in [0.4, 0.5) is 0 Å². The van der Waals surface area contributed by atoms with E-state index < -0.39 is 5.97 Å². The Morgan fingerprint density at radius 1 is 1.35 bits per heavy atom. The quantitative estimate of drug-likeness (QED) is 0.461. The summed E-state index contributed by atoms with van der Waals surface area (Å²) in [4.78, 5) is 16.7. The lowest BCUT2D eigenvalue weighted by molar-refractivity contribution is -0.946. The smallest absolute Gasteiger partial charge is 0.303 e. The molecule has 0 aromatic rings. The van der Waals surface area contributed by atoms with Gasteiger partial charge < -0.3 is 9.94 Å². The van der Waals surface area contributed by atoms with Crippen LogP contribution < -0.4 is 0 Å². The molecule has 0 amide bonds. The lowest BCUT2D eigenvalue weighted by Crippen LogP contribution is -2.43. The standard InChI is InChI=1S/C13H25N3O4/c1-13(2,3)15(4)16(19)14-20-11-7-5-10(6-8-11)9-12(17)18/h10-11H,5-9H2,1-4H3,(H-,14,17,18,19)/p+1. The van der Waals surface area contributed by atoms with E-state index >= 15 is 0 Å². The van der Waals surface area contributed by atoms with E-state index in [9.17, 15) is 10.0 Å². The van der Waals surface area contributed by atoms with Gasteiger partial charge in [-0.05, 0) is 52.4 Å². The number of hydrazine groups is 1. The summed E-state index contributed by atoms with van der Waals surface area (Å²) in [6.07, 6.45) is 3.37. The Bertz CT molecular complexity index is 357. The summed E-state index contributed by atoms with van der Waals surface area (Å²) >= 11 is 0. The Kier molecular flexibility index (Phi) is 5.59. The molecule has 0 radical (unpaired) electrons. The maximum absolute atomic E-state index is 10.6. The first-order chi connectivity index (χ1) is 9.20. The fourth-order valence-electron chi connectivity index (χ4n) is 2.12. The van der Waals surface area contributed by atoms with Gasteiger partial charge in [0.15, 0.2) is 0 Å². The molecule has 0 atom stereocenters. The van der Waals surface area contributed by atoms with Crippen LogP contribution in [0.25, 0.3) is 0 Å². The molecule has 0 heterocycles. The molecule has 1 rings (SSSR count). The van der Waals surface area contributed by atoms with Crippen LogP contribution in [0.3, 0.4) is 0 Å². The summed E-state index contributed by atoms with van der Waals surface area (Å²) in [5, 5.41) is 23.8. The van der Waals surface area contributed by atoms with Crippen LogP contribution in [-0.2, 0) is 9.63 Å². The zero-order valence-electron chi connectivity index (χ0n) is 12.7. The second-order valence-electron chi connectivity index (χ2n) is 6.39. The van der Waals surface area contributed by atoms with Crippen molar-refractivity contribution in [3.8, 4) is 0 Å². The molecule has 0 unspecified atom stereocenters. The number of hydrogen-bond acceptors (Lipinski definition) is 3. The SMILES string of the molecule is CN(/[N+](O)=N/OC1CCC(CC(=O)O)CC1)C(C)(C)C. The molecule has 0 bridgehead atoms. The van der Waals surface area contributed by atoms with E-state index in [4.69, 9.17) is 9.94 Å². The predicted octanol–water partition coefficient (Wildman–Crippen LogP) is 2.45. The van der Waals surface area contributed by atoms with Gasteiger partial charge in [0.25, 0.3) is 10.2 Å². The summed E-state index contributed by atoms with van der Waals surface area (Å²) in [6, 6.07) is 0. The molecule has 1 fully saturated rings. The lowest BCUT2D eigenvalue weighted by atomic mass is 9.85. The Balaban J connectivity index is 2.39. The van der Waals surface area contributed by atoms with Crippen LogP contribution in [0, 0.1) is 5.92 Å². The largest absolute Gasteiger partial charge is 0.481 e. The van der Waals surface area contributed by atoms with Gasteiger partial charge in [0, 0.05) is 6.42 Å². The summed E-state index contributed by atoms with van der Waals surface area (Å²) < 4.78 is 0. The summed E-state index contributed by atoms with van der Waals surface area (Å²) in [5.41, 5.74) is -0.263. The van der Waals surface area contributed by atoms with E-state index in [0.717, 1.165) is 25.7 Å². The molecule has 0 saturated heterocycles. The highest BCUT2D eigenvalue weighted by Crippen LogP contribution is 2.28. The Labute approximate surface area is 119 Å². The van der Waals surface area contributed by atoms with Crippen LogP contribution in [0.5, 0.6) is 0 Å². The minimum atomic E-state index is -0.743. The molecule has 1 saturated carbocycles. The van der Waals surface area contributed by atoms with E-state index in [1.54, 1.807) is 12.1 Å². The summed E-state index contributed by atoms with van der Waals surface area (Å²) in [7, 11) is 1.72. The molecule has 1 aliphatic rings. The third kappa shape index (κ3) is 5.22. The minimum Gasteiger partial charge on any atom is -0.481 e. The fraction of sp³-hybridized carbons (Fsp3) is 0.923. The zero-order chi connectivity index (χ0) is 15.3. The first kappa shape index (κ1) is 16.5. The van der Waals surface area contributed by atoms with Crippen LogP contribution in [-0.4, -0.2) is 45.0 Å². The van der Waals surface area contributed by atoms with E-state index in [2.05, 4.69) is 5.28 Å². The van der Waals surface area contributed by atoms with Gasteiger partial charge in [0.2, 0.25) is 0 Å². The van der Waals surface area contributed by atoms with Gasteiger partial charge in [-0.25, -0.2) is 5.21 Å². The van der Waals surface area contributed by atoms with Crippen LogP contribution in [0.1, 0.15) is 52.9 Å². The number of carboxylic acid groups (broad SMARTS) is 1. The molecule has 0 aromatic heterocycles. The third-order valence-electron chi connectivity index (χ3n) is 3.77. The van der Waals surface area contributed by atoms with Gasteiger partial charge in [-0.15, -0.1) is 5.01 Å². The number of aliphatic carboxylic acids is 1. The topological polar surface area (TPSA) is 85.4 Å². The van der Waals surface area contributed by atoms with Gasteiger partial charge in [0.1, 0.15) is 6.10 Å². The fourth-order valence-corrected chi connectivity index (χ4v) is 2.12. The molecular formula is C13H26N3O4+. The minimum absolute atomic E-state index is 0.0527. The Hall–Kier alpha value is -1.53. The van der Waals surface area contributed by atoms with Crippen LogP contribution in [0.15, 0.2) is 5.28 Å². The number of carbonyl (C=O) groups is 1. The van der Waals surface area contributed by atoms with Crippen molar-refractivity contribution in [2.75, 3.05) is 7.05 Å². The Morgan fingerprint density at radius 2 is 1.90 bits per heavy atom. The first-order valence-corrected chi connectivity index (χ1v) is 7.01. The third-order valence-corrected chi connectivity index (χ3v) is 3.77. The van der Waals surface area contributed by atoms with E-state index in [1.165, 1.54) is 0 Å². The number of nitrogens with zero attached hydrogens (tertiary/aromatic N) is 3. The molecule has 116 valence electrons. The van der Waals surface area contributed by atoms with Gasteiger partial charge in [-0.1, -0.05) is 0 Å². The van der Waals surface area contributed by atoms with Crippen LogP contribution in [0.2, 0.25) is 0 Å². The molecule has 1 aliphatic carbocycles.